The molecular formula is C8H16N2O. The molecule has 0 aromatic heterocycles. The number of nitrogens with one attached hydrogen (secondary N) is 1. The Labute approximate surface area is 67.7 Å². The van der Waals surface area contributed by atoms with E-state index in [0.29, 0.717) is 18.5 Å². The highest BCUT2D eigenvalue weighted by Crippen LogP contribution is 2.26. The normalized spacial score (nSPS) is 43.6. The highest BCUT2D eigenvalue weighted by molar-refractivity contribution is 4.92. The molecule has 0 aliphatic carbocycles. The summed E-state index contributed by atoms with van der Waals surface area (Å²) in [6, 6.07) is 0. The second-order valence-electron chi connectivity index (χ2n) is 3.51. The third-order valence-electron chi connectivity index (χ3n) is 2.50. The minimum absolute atomic E-state index is 0.378. The summed E-state index contributed by atoms with van der Waals surface area (Å²) in [6.07, 6.45) is 3.86. The van der Waals surface area contributed by atoms with Gasteiger partial charge in [-0.2, -0.15) is 0 Å². The van der Waals surface area contributed by atoms with E-state index in [2.05, 4.69) is 24.2 Å². The third kappa shape index (κ3) is 1.41. The fraction of sp³-hybridized carbons (Fsp3) is 1.00. The Morgan fingerprint density at radius 2 is 2.45 bits per heavy atom. The van der Waals surface area contributed by atoms with E-state index in [1.54, 1.807) is 0 Å². The number of hydrogen-bond acceptors (Lipinski definition) is 3. The van der Waals surface area contributed by atoms with E-state index in [-0.39, 0.29) is 0 Å². The topological polar surface area (TPSA) is 27.8 Å². The molecule has 0 radical (unpaired) electrons. The number of rotatable bonds is 2. The third-order valence-corrected chi connectivity index (χ3v) is 2.50. The van der Waals surface area contributed by atoms with Crippen molar-refractivity contribution in [3.05, 3.63) is 0 Å². The van der Waals surface area contributed by atoms with Crippen LogP contribution in [-0.4, -0.2) is 37.0 Å². The van der Waals surface area contributed by atoms with Gasteiger partial charge in [0.15, 0.2) is 0 Å². The molecule has 0 aromatic carbocycles. The fourth-order valence-corrected chi connectivity index (χ4v) is 1.73. The van der Waals surface area contributed by atoms with Gasteiger partial charge in [0.05, 0.1) is 6.17 Å². The standard InChI is InChI=1S/C8H16N2O/c1-3-4-7-9-8-6(11-8)5-10(7)2/h6-9H,3-5H2,1-2H3. The lowest BCUT2D eigenvalue weighted by Gasteiger charge is -2.30. The zero-order valence-corrected chi connectivity index (χ0v) is 7.21. The number of fused-ring (bicyclic) bond motifs is 1. The van der Waals surface area contributed by atoms with Gasteiger partial charge in [-0.1, -0.05) is 13.3 Å². The summed E-state index contributed by atoms with van der Waals surface area (Å²) < 4.78 is 5.37. The molecule has 11 heavy (non-hydrogen) atoms. The molecule has 1 N–H and O–H groups in total. The molecule has 0 aromatic rings. The second-order valence-corrected chi connectivity index (χ2v) is 3.51. The van der Waals surface area contributed by atoms with E-state index in [1.807, 2.05) is 0 Å². The van der Waals surface area contributed by atoms with Crippen LogP contribution in [0.4, 0.5) is 0 Å². The van der Waals surface area contributed by atoms with Crippen LogP contribution in [0.3, 0.4) is 0 Å². The molecule has 2 aliphatic rings. The van der Waals surface area contributed by atoms with Crippen molar-refractivity contribution in [3.63, 3.8) is 0 Å². The van der Waals surface area contributed by atoms with Crippen LogP contribution in [0.5, 0.6) is 0 Å². The summed E-state index contributed by atoms with van der Waals surface area (Å²) in [5.41, 5.74) is 0. The summed E-state index contributed by atoms with van der Waals surface area (Å²) >= 11 is 0. The monoisotopic (exact) mass is 156 g/mol. The van der Waals surface area contributed by atoms with E-state index in [4.69, 9.17) is 4.74 Å². The second kappa shape index (κ2) is 2.73. The number of ether oxygens (including phenoxy) is 1. The number of hydrogen-bond donors (Lipinski definition) is 1. The Morgan fingerprint density at radius 3 is 3.18 bits per heavy atom. The minimum atomic E-state index is 0.378. The van der Waals surface area contributed by atoms with Crippen LogP contribution in [0.2, 0.25) is 0 Å². The summed E-state index contributed by atoms with van der Waals surface area (Å²) in [5, 5.41) is 3.44. The van der Waals surface area contributed by atoms with Gasteiger partial charge in [-0.25, -0.2) is 0 Å². The van der Waals surface area contributed by atoms with Crippen molar-refractivity contribution in [3.8, 4) is 0 Å². The molecule has 2 aliphatic heterocycles. The molecule has 2 fully saturated rings. The lowest BCUT2D eigenvalue weighted by Crippen LogP contribution is -2.51. The highest BCUT2D eigenvalue weighted by atomic mass is 16.6. The predicted molar refractivity (Wildman–Crippen MR) is 43.1 cm³/mol. The Kier molecular flexibility index (Phi) is 1.87. The van der Waals surface area contributed by atoms with Gasteiger partial charge in [-0.3, -0.25) is 10.2 Å². The molecule has 3 heteroatoms. The molecule has 2 saturated heterocycles. The summed E-state index contributed by atoms with van der Waals surface area (Å²) in [5.74, 6) is 0. The Bertz CT molecular complexity index is 151. The molecule has 2 heterocycles. The number of nitrogens with zero attached hydrogens (tertiary/aromatic N) is 1. The highest BCUT2D eigenvalue weighted by Gasteiger charge is 2.45. The quantitative estimate of drug-likeness (QED) is 0.585. The molecule has 3 unspecified atom stereocenters. The van der Waals surface area contributed by atoms with Gasteiger partial charge in [0.1, 0.15) is 12.3 Å². The first-order valence-corrected chi connectivity index (χ1v) is 4.43. The van der Waals surface area contributed by atoms with E-state index >= 15 is 0 Å². The van der Waals surface area contributed by atoms with E-state index < -0.39 is 0 Å². The number of likely N-dealkylation sites (N-methyl/N-ethyl adjacent to an activating group) is 1. The molecule has 0 bridgehead atoms. The van der Waals surface area contributed by atoms with Gasteiger partial charge in [0.25, 0.3) is 0 Å². The van der Waals surface area contributed by atoms with E-state index in [0.717, 1.165) is 6.54 Å². The van der Waals surface area contributed by atoms with Crippen molar-refractivity contribution in [2.24, 2.45) is 0 Å². The first-order valence-electron chi connectivity index (χ1n) is 4.43. The van der Waals surface area contributed by atoms with Crippen molar-refractivity contribution in [2.45, 2.75) is 38.3 Å². The van der Waals surface area contributed by atoms with Gasteiger partial charge in [-0.05, 0) is 13.5 Å². The first kappa shape index (κ1) is 7.53. The van der Waals surface area contributed by atoms with Gasteiger partial charge < -0.3 is 4.74 Å². The van der Waals surface area contributed by atoms with Gasteiger partial charge in [0, 0.05) is 6.54 Å². The van der Waals surface area contributed by atoms with E-state index in [9.17, 15) is 0 Å². The van der Waals surface area contributed by atoms with Crippen LogP contribution < -0.4 is 5.32 Å². The summed E-state index contributed by atoms with van der Waals surface area (Å²) in [7, 11) is 2.16. The predicted octanol–water partition coefficient (Wildman–Crippen LogP) is 0.372. The molecule has 3 atom stereocenters. The molecule has 0 amide bonds. The van der Waals surface area contributed by atoms with Crippen LogP contribution in [0, 0.1) is 0 Å². The van der Waals surface area contributed by atoms with Crippen LogP contribution in [0.25, 0.3) is 0 Å². The molecular weight excluding hydrogens is 140 g/mol. The Balaban J connectivity index is 1.87. The van der Waals surface area contributed by atoms with Crippen LogP contribution in [0.1, 0.15) is 19.8 Å². The SMILES string of the molecule is CCCC1NC2OC2CN1C. The fourth-order valence-electron chi connectivity index (χ4n) is 1.73. The zero-order valence-electron chi connectivity index (χ0n) is 7.21. The van der Waals surface area contributed by atoms with Crippen molar-refractivity contribution in [1.29, 1.82) is 0 Å². The maximum Gasteiger partial charge on any atom is 0.137 e. The van der Waals surface area contributed by atoms with Crippen molar-refractivity contribution >= 4 is 0 Å². The molecule has 2 rings (SSSR count). The smallest absolute Gasteiger partial charge is 0.137 e. The van der Waals surface area contributed by atoms with E-state index in [1.165, 1.54) is 12.8 Å². The minimum Gasteiger partial charge on any atom is -0.352 e. The summed E-state index contributed by atoms with van der Waals surface area (Å²) in [4.78, 5) is 2.34. The zero-order chi connectivity index (χ0) is 7.84. The molecule has 0 saturated carbocycles. The maximum absolute atomic E-state index is 5.37. The summed E-state index contributed by atoms with van der Waals surface area (Å²) in [6.45, 7) is 3.32. The average molecular weight is 156 g/mol. The Morgan fingerprint density at radius 1 is 1.64 bits per heavy atom. The van der Waals surface area contributed by atoms with Crippen LogP contribution in [-0.2, 0) is 4.74 Å². The number of epoxide rings is 1. The van der Waals surface area contributed by atoms with Crippen molar-refractivity contribution < 1.29 is 4.74 Å². The maximum atomic E-state index is 5.37. The molecule has 64 valence electrons. The van der Waals surface area contributed by atoms with Gasteiger partial charge >= 0.3 is 0 Å². The van der Waals surface area contributed by atoms with Crippen LogP contribution >= 0.6 is 0 Å². The molecule has 3 nitrogen and oxygen atoms in total. The van der Waals surface area contributed by atoms with Crippen molar-refractivity contribution in [2.75, 3.05) is 13.6 Å². The van der Waals surface area contributed by atoms with Crippen molar-refractivity contribution in [1.82, 2.24) is 10.2 Å². The first-order chi connectivity index (χ1) is 5.31. The molecule has 0 spiro atoms. The van der Waals surface area contributed by atoms with Gasteiger partial charge in [0.2, 0.25) is 0 Å². The lowest BCUT2D eigenvalue weighted by atomic mass is 10.2. The average Bonchev–Trinajstić information content (AvgIpc) is 2.67. The van der Waals surface area contributed by atoms with Gasteiger partial charge in [-0.15, -0.1) is 0 Å². The van der Waals surface area contributed by atoms with Crippen LogP contribution in [0.15, 0.2) is 0 Å². The Hall–Kier alpha value is -0.120. The lowest BCUT2D eigenvalue weighted by molar-refractivity contribution is 0.165. The largest absolute Gasteiger partial charge is 0.352 e.